The number of hydrogen-bond acceptors (Lipinski definition) is 3. The lowest BCUT2D eigenvalue weighted by molar-refractivity contribution is -0.0637. The molecule has 0 unspecified atom stereocenters. The highest BCUT2D eigenvalue weighted by Gasteiger charge is 2.39. The number of hydrogen-bond donors (Lipinski definition) is 0. The van der Waals surface area contributed by atoms with E-state index in [2.05, 4.69) is 18.2 Å². The molecule has 0 aromatic heterocycles. The fourth-order valence-electron chi connectivity index (χ4n) is 2.18. The van der Waals surface area contributed by atoms with Gasteiger partial charge in [0.05, 0.1) is 25.9 Å². The molecule has 1 aliphatic rings. The van der Waals surface area contributed by atoms with E-state index in [-0.39, 0.29) is 5.41 Å². The van der Waals surface area contributed by atoms with Gasteiger partial charge in [-0.15, -0.1) is 0 Å². The van der Waals surface area contributed by atoms with Crippen LogP contribution in [-0.4, -0.2) is 19.8 Å². The summed E-state index contributed by atoms with van der Waals surface area (Å²) >= 11 is 0. The van der Waals surface area contributed by atoms with E-state index in [0.717, 1.165) is 12.2 Å². The highest BCUT2D eigenvalue weighted by atomic mass is 16.5. The van der Waals surface area contributed by atoms with Gasteiger partial charge in [0, 0.05) is 11.8 Å². The topological polar surface area (TPSA) is 42.2 Å². The van der Waals surface area contributed by atoms with E-state index in [1.807, 2.05) is 19.1 Å². The van der Waals surface area contributed by atoms with E-state index in [1.165, 1.54) is 5.56 Å². The summed E-state index contributed by atoms with van der Waals surface area (Å²) in [5, 5.41) is 8.72. The lowest BCUT2D eigenvalue weighted by Crippen LogP contribution is -2.46. The van der Waals surface area contributed by atoms with Gasteiger partial charge >= 0.3 is 0 Å². The summed E-state index contributed by atoms with van der Waals surface area (Å²) in [7, 11) is 0. The monoisotopic (exact) mass is 231 g/mol. The minimum absolute atomic E-state index is 0.0306. The van der Waals surface area contributed by atoms with E-state index in [4.69, 9.17) is 14.7 Å². The first-order chi connectivity index (χ1) is 8.30. The Morgan fingerprint density at radius 2 is 2.29 bits per heavy atom. The van der Waals surface area contributed by atoms with Crippen LogP contribution in [0.5, 0.6) is 5.75 Å². The Labute approximate surface area is 102 Å². The molecule has 0 saturated carbocycles. The number of rotatable bonds is 5. The first-order valence-corrected chi connectivity index (χ1v) is 5.99. The molecule has 3 heteroatoms. The largest absolute Gasteiger partial charge is 0.494 e. The second-order valence-corrected chi connectivity index (χ2v) is 4.39. The van der Waals surface area contributed by atoms with Crippen LogP contribution in [-0.2, 0) is 10.2 Å². The van der Waals surface area contributed by atoms with Crippen LogP contribution in [0.2, 0.25) is 0 Å². The zero-order chi connectivity index (χ0) is 12.1. The zero-order valence-electron chi connectivity index (χ0n) is 10.1. The summed E-state index contributed by atoms with van der Waals surface area (Å²) in [5.74, 6) is 0.897. The third-order valence-corrected chi connectivity index (χ3v) is 3.23. The van der Waals surface area contributed by atoms with Gasteiger partial charge in [-0.1, -0.05) is 12.1 Å². The maximum atomic E-state index is 8.72. The lowest BCUT2D eigenvalue weighted by Gasteiger charge is -2.41. The van der Waals surface area contributed by atoms with Crippen molar-refractivity contribution in [2.24, 2.45) is 0 Å². The smallest absolute Gasteiger partial charge is 0.119 e. The molecule has 1 aromatic rings. The highest BCUT2D eigenvalue weighted by Crippen LogP contribution is 2.37. The summed E-state index contributed by atoms with van der Waals surface area (Å²) in [4.78, 5) is 0. The van der Waals surface area contributed by atoms with Crippen LogP contribution in [0, 0.1) is 11.3 Å². The summed E-state index contributed by atoms with van der Waals surface area (Å²) in [6.45, 7) is 4.07. The maximum Gasteiger partial charge on any atom is 0.119 e. The van der Waals surface area contributed by atoms with E-state index in [0.29, 0.717) is 26.2 Å². The molecule has 0 atom stereocenters. The molecule has 1 saturated heterocycles. The molecule has 1 aromatic carbocycles. The second kappa shape index (κ2) is 5.20. The molecule has 0 amide bonds. The molecule has 17 heavy (non-hydrogen) atoms. The van der Waals surface area contributed by atoms with Crippen molar-refractivity contribution in [3.8, 4) is 11.8 Å². The molecular weight excluding hydrogens is 214 g/mol. The van der Waals surface area contributed by atoms with Crippen LogP contribution in [0.1, 0.15) is 25.3 Å². The van der Waals surface area contributed by atoms with Crippen LogP contribution >= 0.6 is 0 Å². The number of ether oxygens (including phenoxy) is 2. The van der Waals surface area contributed by atoms with Gasteiger partial charge < -0.3 is 9.47 Å². The van der Waals surface area contributed by atoms with Crippen molar-refractivity contribution >= 4 is 0 Å². The number of nitriles is 1. The normalized spacial score (nSPS) is 16.9. The predicted molar refractivity (Wildman–Crippen MR) is 65.0 cm³/mol. The van der Waals surface area contributed by atoms with E-state index in [9.17, 15) is 0 Å². The van der Waals surface area contributed by atoms with Crippen LogP contribution in [0.4, 0.5) is 0 Å². The van der Waals surface area contributed by atoms with Gasteiger partial charge in [0.25, 0.3) is 0 Å². The Hall–Kier alpha value is -1.53. The minimum Gasteiger partial charge on any atom is -0.494 e. The third-order valence-electron chi connectivity index (χ3n) is 3.23. The van der Waals surface area contributed by atoms with E-state index in [1.54, 1.807) is 0 Å². The number of benzene rings is 1. The molecule has 3 nitrogen and oxygen atoms in total. The fourth-order valence-corrected chi connectivity index (χ4v) is 2.18. The van der Waals surface area contributed by atoms with Crippen molar-refractivity contribution < 1.29 is 9.47 Å². The highest BCUT2D eigenvalue weighted by molar-refractivity contribution is 5.35. The van der Waals surface area contributed by atoms with Crippen molar-refractivity contribution in [1.82, 2.24) is 0 Å². The summed E-state index contributed by atoms with van der Waals surface area (Å²) in [6.07, 6.45) is 1.43. The first kappa shape index (κ1) is 11.9. The Balaban J connectivity index is 2.19. The average Bonchev–Trinajstić information content (AvgIpc) is 2.29. The van der Waals surface area contributed by atoms with Crippen LogP contribution in [0.25, 0.3) is 0 Å². The van der Waals surface area contributed by atoms with Crippen molar-refractivity contribution in [2.75, 3.05) is 19.8 Å². The molecule has 0 aliphatic carbocycles. The molecule has 0 N–H and O–H groups in total. The molecule has 0 radical (unpaired) electrons. The van der Waals surface area contributed by atoms with Gasteiger partial charge in [0.1, 0.15) is 5.75 Å². The van der Waals surface area contributed by atoms with Crippen LogP contribution in [0.15, 0.2) is 24.3 Å². The van der Waals surface area contributed by atoms with Gasteiger partial charge in [0.2, 0.25) is 0 Å². The van der Waals surface area contributed by atoms with Gasteiger partial charge in [-0.25, -0.2) is 0 Å². The Morgan fingerprint density at radius 3 is 2.88 bits per heavy atom. The SMILES string of the molecule is CCOc1cccc(C2(CCC#N)COC2)c1. The Morgan fingerprint density at radius 1 is 1.47 bits per heavy atom. The number of nitrogens with zero attached hydrogens (tertiary/aromatic N) is 1. The van der Waals surface area contributed by atoms with Gasteiger partial charge in [-0.2, -0.15) is 5.26 Å². The molecule has 1 heterocycles. The van der Waals surface area contributed by atoms with Crippen LogP contribution in [0.3, 0.4) is 0 Å². The molecule has 0 spiro atoms. The first-order valence-electron chi connectivity index (χ1n) is 5.99. The predicted octanol–water partition coefficient (Wildman–Crippen LogP) is 2.66. The van der Waals surface area contributed by atoms with Crippen molar-refractivity contribution in [1.29, 1.82) is 5.26 Å². The van der Waals surface area contributed by atoms with Crippen molar-refractivity contribution in [3.63, 3.8) is 0 Å². The van der Waals surface area contributed by atoms with Gasteiger partial charge in [-0.05, 0) is 31.0 Å². The van der Waals surface area contributed by atoms with Gasteiger partial charge in [0.15, 0.2) is 0 Å². The average molecular weight is 231 g/mol. The quantitative estimate of drug-likeness (QED) is 0.782. The fraction of sp³-hybridized carbons (Fsp3) is 0.500. The molecule has 2 rings (SSSR count). The lowest BCUT2D eigenvalue weighted by atomic mass is 9.75. The third kappa shape index (κ3) is 2.42. The molecule has 0 bridgehead atoms. The minimum atomic E-state index is 0.0306. The van der Waals surface area contributed by atoms with E-state index < -0.39 is 0 Å². The molecular formula is C14H17NO2. The Bertz CT molecular complexity index is 418. The molecule has 1 aliphatic heterocycles. The van der Waals surface area contributed by atoms with E-state index >= 15 is 0 Å². The standard InChI is InChI=1S/C14H17NO2/c1-2-17-13-6-3-5-12(9-13)14(7-4-8-15)10-16-11-14/h3,5-6,9H,2,4,7,10-11H2,1H3. The summed E-state index contributed by atoms with van der Waals surface area (Å²) in [6, 6.07) is 10.4. The summed E-state index contributed by atoms with van der Waals surface area (Å²) in [5.41, 5.74) is 1.26. The van der Waals surface area contributed by atoms with Crippen molar-refractivity contribution in [3.05, 3.63) is 29.8 Å². The van der Waals surface area contributed by atoms with Gasteiger partial charge in [-0.3, -0.25) is 0 Å². The zero-order valence-corrected chi connectivity index (χ0v) is 10.1. The van der Waals surface area contributed by atoms with Crippen molar-refractivity contribution in [2.45, 2.75) is 25.2 Å². The maximum absolute atomic E-state index is 8.72. The molecule has 1 fully saturated rings. The second-order valence-electron chi connectivity index (χ2n) is 4.39. The van der Waals surface area contributed by atoms with Crippen LogP contribution < -0.4 is 4.74 Å². The molecule has 90 valence electrons. The Kier molecular flexibility index (Phi) is 3.65. The summed E-state index contributed by atoms with van der Waals surface area (Å²) < 4.78 is 10.8.